The molecule has 31 heavy (non-hydrogen) atoms. The van der Waals surface area contributed by atoms with Crippen LogP contribution in [0, 0.1) is 0 Å². The SMILES string of the molecule is CCOc1cccc(CNCC2CCCN2CC)c1OCc1ccc(Cl)cc1Cl.Cl.Cl. The van der Waals surface area contributed by atoms with E-state index in [4.69, 9.17) is 32.7 Å². The predicted molar refractivity (Wildman–Crippen MR) is 135 cm³/mol. The van der Waals surface area contributed by atoms with Gasteiger partial charge in [0, 0.05) is 40.3 Å². The Hall–Kier alpha value is -0.880. The topological polar surface area (TPSA) is 33.7 Å². The van der Waals surface area contributed by atoms with E-state index >= 15 is 0 Å². The van der Waals surface area contributed by atoms with Gasteiger partial charge in [-0.1, -0.05) is 48.3 Å². The third-order valence-corrected chi connectivity index (χ3v) is 5.94. The lowest BCUT2D eigenvalue weighted by Gasteiger charge is -2.23. The Bertz CT molecular complexity index is 807. The molecule has 4 nitrogen and oxygen atoms in total. The van der Waals surface area contributed by atoms with Crippen LogP contribution in [0.2, 0.25) is 10.0 Å². The van der Waals surface area contributed by atoms with Gasteiger partial charge in [0.2, 0.25) is 0 Å². The zero-order chi connectivity index (χ0) is 20.6. The van der Waals surface area contributed by atoms with Gasteiger partial charge in [0.05, 0.1) is 6.61 Å². The minimum absolute atomic E-state index is 0. The van der Waals surface area contributed by atoms with Crippen LogP contribution < -0.4 is 14.8 Å². The average Bonchev–Trinajstić information content (AvgIpc) is 3.16. The quantitative estimate of drug-likeness (QED) is 0.402. The van der Waals surface area contributed by atoms with Crippen LogP contribution in [0.25, 0.3) is 0 Å². The molecule has 1 fully saturated rings. The van der Waals surface area contributed by atoms with Crippen LogP contribution in [0.1, 0.15) is 37.8 Å². The second kappa shape index (κ2) is 14.3. The van der Waals surface area contributed by atoms with Crippen LogP contribution in [0.5, 0.6) is 11.5 Å². The summed E-state index contributed by atoms with van der Waals surface area (Å²) in [5, 5.41) is 4.83. The van der Waals surface area contributed by atoms with Crippen molar-refractivity contribution in [3.05, 3.63) is 57.6 Å². The van der Waals surface area contributed by atoms with Crippen molar-refractivity contribution in [2.45, 2.75) is 45.9 Å². The first-order valence-electron chi connectivity index (χ1n) is 10.4. The normalized spacial score (nSPS) is 15.8. The van der Waals surface area contributed by atoms with E-state index in [-0.39, 0.29) is 24.8 Å². The Balaban J connectivity index is 0.00000240. The van der Waals surface area contributed by atoms with Crippen molar-refractivity contribution >= 4 is 48.0 Å². The zero-order valence-electron chi connectivity index (χ0n) is 18.0. The maximum atomic E-state index is 6.31. The Morgan fingerprint density at radius 1 is 1.06 bits per heavy atom. The summed E-state index contributed by atoms with van der Waals surface area (Å²) in [4.78, 5) is 2.55. The van der Waals surface area contributed by atoms with Gasteiger partial charge in [-0.3, -0.25) is 4.90 Å². The largest absolute Gasteiger partial charge is 0.490 e. The minimum Gasteiger partial charge on any atom is -0.490 e. The van der Waals surface area contributed by atoms with Gasteiger partial charge in [-0.15, -0.1) is 24.8 Å². The number of benzene rings is 2. The summed E-state index contributed by atoms with van der Waals surface area (Å²) in [5.74, 6) is 1.53. The fraction of sp³-hybridized carbons (Fsp3) is 0.478. The van der Waals surface area contributed by atoms with Crippen molar-refractivity contribution in [1.29, 1.82) is 0 Å². The molecule has 1 atom stereocenters. The highest BCUT2D eigenvalue weighted by Gasteiger charge is 2.22. The monoisotopic (exact) mass is 508 g/mol. The van der Waals surface area contributed by atoms with Crippen LogP contribution in [-0.4, -0.2) is 37.2 Å². The van der Waals surface area contributed by atoms with Gasteiger partial charge in [-0.05, 0) is 51.1 Å². The lowest BCUT2D eigenvalue weighted by molar-refractivity contribution is 0.256. The Labute approximate surface area is 208 Å². The number of hydrogen-bond acceptors (Lipinski definition) is 4. The molecule has 1 N–H and O–H groups in total. The first kappa shape index (κ1) is 28.2. The standard InChI is InChI=1S/C23H30Cl2N2O2.2ClH/c1-3-27-12-6-8-20(27)15-26-14-17-7-5-9-22(28-4-2)23(17)29-16-18-10-11-19(24)13-21(18)25;;/h5,7,9-11,13,20,26H,3-4,6,8,12,14-16H2,1-2H3;2*1H. The summed E-state index contributed by atoms with van der Waals surface area (Å²) < 4.78 is 12.0. The molecule has 1 saturated heterocycles. The lowest BCUT2D eigenvalue weighted by atomic mass is 10.1. The van der Waals surface area contributed by atoms with Gasteiger partial charge in [-0.25, -0.2) is 0 Å². The van der Waals surface area contributed by atoms with Crippen LogP contribution in [0.3, 0.4) is 0 Å². The highest BCUT2D eigenvalue weighted by atomic mass is 35.5. The molecule has 1 aliphatic heterocycles. The molecule has 1 heterocycles. The van der Waals surface area contributed by atoms with Gasteiger partial charge < -0.3 is 14.8 Å². The molecule has 0 bridgehead atoms. The van der Waals surface area contributed by atoms with Crippen molar-refractivity contribution in [3.8, 4) is 11.5 Å². The summed E-state index contributed by atoms with van der Waals surface area (Å²) in [7, 11) is 0. The van der Waals surface area contributed by atoms with Gasteiger partial charge in [-0.2, -0.15) is 0 Å². The molecule has 2 aromatic rings. The van der Waals surface area contributed by atoms with E-state index < -0.39 is 0 Å². The smallest absolute Gasteiger partial charge is 0.166 e. The number of likely N-dealkylation sites (N-methyl/N-ethyl adjacent to an activating group) is 1. The number of halogens is 4. The molecule has 0 saturated carbocycles. The molecule has 0 radical (unpaired) electrons. The number of ether oxygens (including phenoxy) is 2. The van der Waals surface area contributed by atoms with E-state index in [9.17, 15) is 0 Å². The van der Waals surface area contributed by atoms with Crippen molar-refractivity contribution in [2.24, 2.45) is 0 Å². The van der Waals surface area contributed by atoms with E-state index in [0.717, 1.165) is 42.3 Å². The highest BCUT2D eigenvalue weighted by Crippen LogP contribution is 2.33. The maximum Gasteiger partial charge on any atom is 0.166 e. The molecule has 3 rings (SSSR count). The predicted octanol–water partition coefficient (Wildman–Crippen LogP) is 6.39. The molecular weight excluding hydrogens is 478 g/mol. The van der Waals surface area contributed by atoms with Gasteiger partial charge in [0.1, 0.15) is 6.61 Å². The molecule has 0 spiro atoms. The fourth-order valence-electron chi connectivity index (χ4n) is 3.84. The van der Waals surface area contributed by atoms with Crippen molar-refractivity contribution < 1.29 is 9.47 Å². The number of likely N-dealkylation sites (tertiary alicyclic amines) is 1. The molecule has 1 unspecified atom stereocenters. The van der Waals surface area contributed by atoms with Gasteiger partial charge >= 0.3 is 0 Å². The molecule has 2 aromatic carbocycles. The van der Waals surface area contributed by atoms with Crippen LogP contribution in [-0.2, 0) is 13.2 Å². The van der Waals surface area contributed by atoms with Crippen molar-refractivity contribution in [1.82, 2.24) is 10.2 Å². The second-order valence-corrected chi connectivity index (χ2v) is 8.10. The Morgan fingerprint density at radius 3 is 2.58 bits per heavy atom. The Kier molecular flexibility index (Phi) is 13.0. The van der Waals surface area contributed by atoms with E-state index in [2.05, 4.69) is 23.2 Å². The number of para-hydroxylation sites is 1. The zero-order valence-corrected chi connectivity index (χ0v) is 21.2. The van der Waals surface area contributed by atoms with E-state index in [0.29, 0.717) is 29.3 Å². The first-order chi connectivity index (χ1) is 14.1. The highest BCUT2D eigenvalue weighted by molar-refractivity contribution is 6.35. The van der Waals surface area contributed by atoms with Crippen LogP contribution >= 0.6 is 48.0 Å². The number of hydrogen-bond donors (Lipinski definition) is 1. The third-order valence-electron chi connectivity index (χ3n) is 5.35. The van der Waals surface area contributed by atoms with Crippen LogP contribution in [0.15, 0.2) is 36.4 Å². The van der Waals surface area contributed by atoms with E-state index in [1.165, 1.54) is 19.4 Å². The summed E-state index contributed by atoms with van der Waals surface area (Å²) in [6, 6.07) is 12.1. The fourth-order valence-corrected chi connectivity index (χ4v) is 4.30. The van der Waals surface area contributed by atoms with Crippen LogP contribution in [0.4, 0.5) is 0 Å². The molecular formula is C23H32Cl4N2O2. The minimum atomic E-state index is 0. The summed E-state index contributed by atoms with van der Waals surface area (Å²) in [5.41, 5.74) is 1.98. The number of rotatable bonds is 10. The number of nitrogens with zero attached hydrogens (tertiary/aromatic N) is 1. The molecule has 174 valence electrons. The van der Waals surface area contributed by atoms with Gasteiger partial charge in [0.25, 0.3) is 0 Å². The van der Waals surface area contributed by atoms with E-state index in [1.807, 2.05) is 31.2 Å². The number of nitrogens with one attached hydrogen (secondary N) is 1. The van der Waals surface area contributed by atoms with E-state index in [1.54, 1.807) is 6.07 Å². The second-order valence-electron chi connectivity index (χ2n) is 7.26. The lowest BCUT2D eigenvalue weighted by Crippen LogP contribution is -2.37. The molecule has 0 amide bonds. The Morgan fingerprint density at radius 2 is 1.87 bits per heavy atom. The summed E-state index contributed by atoms with van der Waals surface area (Å²) in [6.07, 6.45) is 2.55. The molecule has 8 heteroatoms. The first-order valence-corrected chi connectivity index (χ1v) is 11.1. The molecule has 0 aliphatic carbocycles. The maximum absolute atomic E-state index is 6.31. The summed E-state index contributed by atoms with van der Waals surface area (Å²) in [6.45, 7) is 9.19. The summed E-state index contributed by atoms with van der Waals surface area (Å²) >= 11 is 12.3. The third kappa shape index (κ3) is 7.88. The van der Waals surface area contributed by atoms with Crippen molar-refractivity contribution in [2.75, 3.05) is 26.2 Å². The molecule has 1 aliphatic rings. The van der Waals surface area contributed by atoms with Gasteiger partial charge in [0.15, 0.2) is 11.5 Å². The molecule has 0 aromatic heterocycles. The van der Waals surface area contributed by atoms with Crippen molar-refractivity contribution in [3.63, 3.8) is 0 Å². The average molecular weight is 510 g/mol.